The van der Waals surface area contributed by atoms with Crippen LogP contribution in [0.15, 0.2) is 134 Å². The topological polar surface area (TPSA) is 78.9 Å². The zero-order valence-electron chi connectivity index (χ0n) is 47.1. The molecule has 73 heavy (non-hydrogen) atoms. The van der Waals surface area contributed by atoms with Crippen LogP contribution in [0, 0.1) is 0 Å². The highest BCUT2D eigenvalue weighted by molar-refractivity contribution is 5.71. The Morgan fingerprint density at radius 2 is 0.603 bits per heavy atom. The molecule has 0 aliphatic heterocycles. The molecule has 6 heteroatoms. The van der Waals surface area contributed by atoms with Crippen molar-refractivity contribution in [3.05, 3.63) is 134 Å². The third-order valence-electron chi connectivity index (χ3n) is 12.3. The minimum absolute atomic E-state index is 0.101. The van der Waals surface area contributed by atoms with Crippen LogP contribution in [0.25, 0.3) is 0 Å². The van der Waals surface area contributed by atoms with E-state index in [0.29, 0.717) is 19.3 Å². The molecule has 0 fully saturated rings. The van der Waals surface area contributed by atoms with Gasteiger partial charge < -0.3 is 14.2 Å². The second-order valence-electron chi connectivity index (χ2n) is 19.3. The SMILES string of the molecule is CC\C=C/C=C\C=C/C=C\C=C\C=C/C=C\CCCCCC(=O)OCC(COC(=O)CCCCCCCCCCCCCCCCCCC)OC(=O)CCCCCCCC/C=C\C/C=C\C/C=C\C/C=C\CC. The van der Waals surface area contributed by atoms with Crippen LogP contribution < -0.4 is 0 Å². The lowest BCUT2D eigenvalue weighted by Gasteiger charge is -2.18. The predicted molar refractivity (Wildman–Crippen MR) is 316 cm³/mol. The van der Waals surface area contributed by atoms with Crippen LogP contribution in [-0.2, 0) is 28.6 Å². The van der Waals surface area contributed by atoms with Crippen molar-refractivity contribution < 1.29 is 28.6 Å². The minimum Gasteiger partial charge on any atom is -0.462 e. The molecule has 6 nitrogen and oxygen atoms in total. The Balaban J connectivity index is 4.53. The highest BCUT2D eigenvalue weighted by Gasteiger charge is 2.19. The fourth-order valence-electron chi connectivity index (χ4n) is 7.95. The molecule has 0 bridgehead atoms. The van der Waals surface area contributed by atoms with E-state index in [4.69, 9.17) is 14.2 Å². The van der Waals surface area contributed by atoms with Crippen LogP contribution in [0.2, 0.25) is 0 Å². The summed E-state index contributed by atoms with van der Waals surface area (Å²) in [4.78, 5) is 38.3. The van der Waals surface area contributed by atoms with Gasteiger partial charge in [-0.2, -0.15) is 0 Å². The second-order valence-corrected chi connectivity index (χ2v) is 19.3. The lowest BCUT2D eigenvalue weighted by atomic mass is 10.0. The molecular weight excluding hydrogens is 901 g/mol. The summed E-state index contributed by atoms with van der Waals surface area (Å²) in [7, 11) is 0. The number of ether oxygens (including phenoxy) is 3. The van der Waals surface area contributed by atoms with Gasteiger partial charge in [-0.15, -0.1) is 0 Å². The van der Waals surface area contributed by atoms with Gasteiger partial charge in [0.25, 0.3) is 0 Å². The average Bonchev–Trinajstić information content (AvgIpc) is 3.39. The molecule has 0 saturated heterocycles. The Bertz CT molecular complexity index is 1580. The van der Waals surface area contributed by atoms with E-state index in [1.54, 1.807) is 0 Å². The zero-order chi connectivity index (χ0) is 52.9. The first-order valence-electron chi connectivity index (χ1n) is 29.8. The molecule has 0 aromatic carbocycles. The van der Waals surface area contributed by atoms with Gasteiger partial charge in [-0.25, -0.2) is 0 Å². The maximum absolute atomic E-state index is 12.9. The second kappa shape index (κ2) is 60.1. The van der Waals surface area contributed by atoms with E-state index in [2.05, 4.69) is 81.5 Å². The van der Waals surface area contributed by atoms with Gasteiger partial charge in [0.2, 0.25) is 0 Å². The highest BCUT2D eigenvalue weighted by Crippen LogP contribution is 2.16. The lowest BCUT2D eigenvalue weighted by molar-refractivity contribution is -0.167. The fraction of sp³-hybridized carbons (Fsp3) is 0.627. The molecule has 412 valence electrons. The number of esters is 3. The van der Waals surface area contributed by atoms with Gasteiger partial charge in [-0.3, -0.25) is 14.4 Å². The molecule has 0 aromatic heterocycles. The van der Waals surface area contributed by atoms with Crippen molar-refractivity contribution >= 4 is 17.9 Å². The minimum atomic E-state index is -0.810. The molecule has 0 heterocycles. The summed E-state index contributed by atoms with van der Waals surface area (Å²) in [5.74, 6) is -0.961. The number of allylic oxidation sites excluding steroid dienone is 22. The molecule has 0 aliphatic carbocycles. The highest BCUT2D eigenvalue weighted by atomic mass is 16.6. The van der Waals surface area contributed by atoms with Crippen LogP contribution in [0.4, 0.5) is 0 Å². The summed E-state index contributed by atoms with van der Waals surface area (Å²) in [5, 5.41) is 0. The van der Waals surface area contributed by atoms with E-state index in [-0.39, 0.29) is 31.1 Å². The Hall–Kier alpha value is -4.45. The van der Waals surface area contributed by atoms with Crippen molar-refractivity contribution in [1.82, 2.24) is 0 Å². The number of carbonyl (C=O) groups excluding carboxylic acids is 3. The number of rotatable bonds is 52. The molecule has 1 unspecified atom stereocenters. The first-order chi connectivity index (χ1) is 36.0. The van der Waals surface area contributed by atoms with Gasteiger partial charge in [0.15, 0.2) is 6.10 Å². The Labute approximate surface area is 449 Å². The Morgan fingerprint density at radius 1 is 0.301 bits per heavy atom. The Kier molecular flexibility index (Phi) is 56.4. The van der Waals surface area contributed by atoms with Crippen molar-refractivity contribution in [2.75, 3.05) is 13.2 Å². The number of hydrogen-bond acceptors (Lipinski definition) is 6. The van der Waals surface area contributed by atoms with Gasteiger partial charge in [0.05, 0.1) is 0 Å². The third kappa shape index (κ3) is 58.3. The summed E-state index contributed by atoms with van der Waals surface area (Å²) >= 11 is 0. The van der Waals surface area contributed by atoms with Crippen LogP contribution in [0.3, 0.4) is 0 Å². The Morgan fingerprint density at radius 3 is 1.01 bits per heavy atom. The van der Waals surface area contributed by atoms with Gasteiger partial charge in [-0.1, -0.05) is 289 Å². The molecule has 0 N–H and O–H groups in total. The molecule has 0 aromatic rings. The normalized spacial score (nSPS) is 13.1. The number of hydrogen-bond donors (Lipinski definition) is 0. The van der Waals surface area contributed by atoms with Crippen LogP contribution in [0.5, 0.6) is 0 Å². The molecule has 0 radical (unpaired) electrons. The molecule has 1 atom stereocenters. The first kappa shape index (κ1) is 68.6. The van der Waals surface area contributed by atoms with E-state index >= 15 is 0 Å². The van der Waals surface area contributed by atoms with Crippen molar-refractivity contribution in [3.8, 4) is 0 Å². The van der Waals surface area contributed by atoms with Crippen LogP contribution in [-0.4, -0.2) is 37.2 Å². The van der Waals surface area contributed by atoms with Crippen molar-refractivity contribution in [3.63, 3.8) is 0 Å². The van der Waals surface area contributed by atoms with Gasteiger partial charge in [0.1, 0.15) is 13.2 Å². The van der Waals surface area contributed by atoms with Crippen molar-refractivity contribution in [1.29, 1.82) is 0 Å². The molecule has 0 saturated carbocycles. The van der Waals surface area contributed by atoms with Crippen LogP contribution >= 0.6 is 0 Å². The maximum atomic E-state index is 12.9. The summed E-state index contributed by atoms with van der Waals surface area (Å²) in [5.41, 5.74) is 0. The van der Waals surface area contributed by atoms with E-state index in [1.807, 2.05) is 72.9 Å². The largest absolute Gasteiger partial charge is 0.462 e. The molecule has 0 amide bonds. The van der Waals surface area contributed by atoms with E-state index in [9.17, 15) is 14.4 Å². The van der Waals surface area contributed by atoms with E-state index in [1.165, 1.54) is 103 Å². The summed E-state index contributed by atoms with van der Waals surface area (Å²) in [6.45, 7) is 6.34. The standard InChI is InChI=1S/C67H108O6/c1-4-7-10-13-16-19-22-25-28-31-33-36-39-42-45-48-51-54-57-60-66(69)72-63-64(62-71-65(68)59-56-53-50-47-44-41-38-35-30-27-24-21-18-15-12-9-6-3)73-67(70)61-58-55-52-49-46-43-40-37-34-32-29-26-23-20-17-14-11-8-5-2/h7-8,10-11,13,16-17,19-20,22,25-26,28-29,31,33-34,36-37,39,42,45,64H,4-6,9,12,14-15,18,21,23-24,27,30,32,35,38,40-41,43-44,46-63H2,1-3H3/b10-7-,11-8-,16-13-,20-17-,22-19-,28-25-,29-26-,33-31+,37-34-,39-36-,45-42-. The number of unbranched alkanes of at least 4 members (excludes halogenated alkanes) is 25. The van der Waals surface area contributed by atoms with E-state index in [0.717, 1.165) is 109 Å². The van der Waals surface area contributed by atoms with E-state index < -0.39 is 6.10 Å². The number of carbonyl (C=O) groups is 3. The zero-order valence-corrected chi connectivity index (χ0v) is 47.1. The van der Waals surface area contributed by atoms with Gasteiger partial charge >= 0.3 is 17.9 Å². The molecular formula is C67H108O6. The monoisotopic (exact) mass is 1010 g/mol. The predicted octanol–water partition coefficient (Wildman–Crippen LogP) is 20.2. The third-order valence-corrected chi connectivity index (χ3v) is 12.3. The first-order valence-corrected chi connectivity index (χ1v) is 29.8. The van der Waals surface area contributed by atoms with Crippen molar-refractivity contribution in [2.24, 2.45) is 0 Å². The van der Waals surface area contributed by atoms with Gasteiger partial charge in [0, 0.05) is 19.3 Å². The molecule has 0 spiro atoms. The average molecular weight is 1010 g/mol. The smallest absolute Gasteiger partial charge is 0.306 e. The molecule has 0 aliphatic rings. The van der Waals surface area contributed by atoms with Gasteiger partial charge in [-0.05, 0) is 77.0 Å². The van der Waals surface area contributed by atoms with Crippen LogP contribution in [0.1, 0.15) is 252 Å². The fourth-order valence-corrected chi connectivity index (χ4v) is 7.95. The summed E-state index contributed by atoms with van der Waals surface area (Å²) < 4.78 is 16.9. The maximum Gasteiger partial charge on any atom is 0.306 e. The summed E-state index contributed by atoms with van der Waals surface area (Å²) in [6.07, 6.45) is 84.3. The molecule has 0 rings (SSSR count). The quantitative estimate of drug-likeness (QED) is 0.0199. The van der Waals surface area contributed by atoms with Crippen molar-refractivity contribution in [2.45, 2.75) is 258 Å². The summed E-state index contributed by atoms with van der Waals surface area (Å²) in [6, 6.07) is 0. The lowest BCUT2D eigenvalue weighted by Crippen LogP contribution is -2.30.